The van der Waals surface area contributed by atoms with E-state index in [0.717, 1.165) is 17.2 Å². The number of carbonyl (C=O) groups is 1. The first kappa shape index (κ1) is 20.3. The van der Waals surface area contributed by atoms with Gasteiger partial charge in [0, 0.05) is 26.2 Å². The highest BCUT2D eigenvalue weighted by Crippen LogP contribution is 2.22. The van der Waals surface area contributed by atoms with Crippen molar-refractivity contribution in [2.75, 3.05) is 32.8 Å². The average molecular weight is 406 g/mol. The van der Waals surface area contributed by atoms with Crippen molar-refractivity contribution in [1.82, 2.24) is 9.21 Å². The molecule has 3 rings (SSSR count). The largest absolute Gasteiger partial charge is 0.483 e. The van der Waals surface area contributed by atoms with Gasteiger partial charge >= 0.3 is 0 Å². The summed E-state index contributed by atoms with van der Waals surface area (Å²) in [5, 5.41) is 0. The Bertz CT molecular complexity index is 970. The van der Waals surface area contributed by atoms with Gasteiger partial charge in [-0.25, -0.2) is 12.8 Å². The number of rotatable bonds is 5. The number of ether oxygens (including phenoxy) is 1. The highest BCUT2D eigenvalue weighted by molar-refractivity contribution is 7.89. The summed E-state index contributed by atoms with van der Waals surface area (Å²) in [5.74, 6) is -0.319. The summed E-state index contributed by atoms with van der Waals surface area (Å²) in [7, 11) is -3.92. The fraction of sp³-hybridized carbons (Fsp3) is 0.350. The number of halogens is 1. The molecule has 2 aromatic carbocycles. The predicted molar refractivity (Wildman–Crippen MR) is 103 cm³/mol. The molecule has 0 aliphatic carbocycles. The topological polar surface area (TPSA) is 66.9 Å². The van der Waals surface area contributed by atoms with Gasteiger partial charge in [-0.15, -0.1) is 0 Å². The predicted octanol–water partition coefficient (Wildman–Crippen LogP) is 2.35. The second-order valence-electron chi connectivity index (χ2n) is 6.70. The molecule has 0 unspecified atom stereocenters. The number of hydrogen-bond donors (Lipinski definition) is 0. The van der Waals surface area contributed by atoms with E-state index in [1.807, 2.05) is 32.0 Å². The van der Waals surface area contributed by atoms with Gasteiger partial charge in [-0.2, -0.15) is 4.31 Å². The van der Waals surface area contributed by atoms with Gasteiger partial charge in [0.15, 0.2) is 6.61 Å². The molecule has 1 aliphatic heterocycles. The van der Waals surface area contributed by atoms with E-state index in [4.69, 9.17) is 4.74 Å². The zero-order valence-electron chi connectivity index (χ0n) is 15.9. The van der Waals surface area contributed by atoms with Gasteiger partial charge in [-0.05, 0) is 43.2 Å². The highest BCUT2D eigenvalue weighted by Gasteiger charge is 2.31. The van der Waals surface area contributed by atoms with Gasteiger partial charge in [0.05, 0.1) is 0 Å². The molecular formula is C20H23FN2O4S. The minimum Gasteiger partial charge on any atom is -0.483 e. The summed E-state index contributed by atoms with van der Waals surface area (Å²) in [6, 6.07) is 11.0. The fourth-order valence-corrected chi connectivity index (χ4v) is 4.57. The van der Waals surface area contributed by atoms with Crippen LogP contribution < -0.4 is 4.74 Å². The van der Waals surface area contributed by atoms with Crippen LogP contribution in [0, 0.1) is 19.7 Å². The van der Waals surface area contributed by atoms with Crippen LogP contribution in [-0.4, -0.2) is 56.3 Å². The quantitative estimate of drug-likeness (QED) is 0.765. The Balaban J connectivity index is 1.58. The third kappa shape index (κ3) is 4.18. The fourth-order valence-electron chi connectivity index (χ4n) is 3.08. The number of hydrogen-bond acceptors (Lipinski definition) is 4. The van der Waals surface area contributed by atoms with Crippen molar-refractivity contribution in [3.8, 4) is 5.75 Å². The number of carbonyl (C=O) groups excluding carboxylic acids is 1. The van der Waals surface area contributed by atoms with Crippen LogP contribution in [0.1, 0.15) is 11.1 Å². The first-order valence-corrected chi connectivity index (χ1v) is 10.5. The van der Waals surface area contributed by atoms with Crippen LogP contribution in [0.4, 0.5) is 4.39 Å². The van der Waals surface area contributed by atoms with E-state index < -0.39 is 15.8 Å². The Hall–Kier alpha value is -2.45. The summed E-state index contributed by atoms with van der Waals surface area (Å²) in [4.78, 5) is 13.6. The van der Waals surface area contributed by atoms with Crippen LogP contribution in [0.2, 0.25) is 0 Å². The lowest BCUT2D eigenvalue weighted by molar-refractivity contribution is -0.134. The Morgan fingerprint density at radius 3 is 2.39 bits per heavy atom. The van der Waals surface area contributed by atoms with E-state index in [0.29, 0.717) is 5.75 Å². The molecule has 6 nitrogen and oxygen atoms in total. The van der Waals surface area contributed by atoms with Gasteiger partial charge in [-0.3, -0.25) is 4.79 Å². The van der Waals surface area contributed by atoms with Crippen molar-refractivity contribution < 1.29 is 22.3 Å². The zero-order valence-corrected chi connectivity index (χ0v) is 16.7. The van der Waals surface area contributed by atoms with Crippen LogP contribution in [0.25, 0.3) is 0 Å². The van der Waals surface area contributed by atoms with Crippen LogP contribution in [-0.2, 0) is 14.8 Å². The smallest absolute Gasteiger partial charge is 0.260 e. The van der Waals surface area contributed by atoms with Crippen molar-refractivity contribution >= 4 is 15.9 Å². The average Bonchev–Trinajstić information content (AvgIpc) is 2.69. The Morgan fingerprint density at radius 1 is 1.04 bits per heavy atom. The van der Waals surface area contributed by atoms with E-state index >= 15 is 0 Å². The van der Waals surface area contributed by atoms with E-state index in [9.17, 15) is 17.6 Å². The van der Waals surface area contributed by atoms with Gasteiger partial charge in [0.25, 0.3) is 5.91 Å². The molecule has 1 saturated heterocycles. The van der Waals surface area contributed by atoms with Crippen molar-refractivity contribution in [3.05, 3.63) is 59.4 Å². The van der Waals surface area contributed by atoms with Gasteiger partial charge in [0.2, 0.25) is 10.0 Å². The van der Waals surface area contributed by atoms with Crippen molar-refractivity contribution in [2.45, 2.75) is 18.7 Å². The normalized spacial score (nSPS) is 15.5. The number of aryl methyl sites for hydroxylation is 1. The summed E-state index contributed by atoms with van der Waals surface area (Å²) in [5.41, 5.74) is 2.06. The lowest BCUT2D eigenvalue weighted by Crippen LogP contribution is -2.51. The highest BCUT2D eigenvalue weighted by atomic mass is 32.2. The lowest BCUT2D eigenvalue weighted by atomic mass is 10.1. The van der Waals surface area contributed by atoms with Crippen LogP contribution in [0.15, 0.2) is 47.4 Å². The molecule has 0 atom stereocenters. The molecule has 0 saturated carbocycles. The molecule has 1 amide bonds. The molecule has 0 aromatic heterocycles. The second-order valence-corrected chi connectivity index (χ2v) is 8.61. The summed E-state index contributed by atoms with van der Waals surface area (Å²) >= 11 is 0. The molecule has 28 heavy (non-hydrogen) atoms. The van der Waals surface area contributed by atoms with E-state index in [-0.39, 0.29) is 43.6 Å². The number of nitrogens with zero attached hydrogens (tertiary/aromatic N) is 2. The minimum absolute atomic E-state index is 0.107. The van der Waals surface area contributed by atoms with Gasteiger partial charge in [-0.1, -0.05) is 24.3 Å². The SMILES string of the molecule is Cc1cccc(OCC(=O)N2CCN(S(=O)(=O)c3ccccc3F)CC2)c1C. The molecule has 0 radical (unpaired) electrons. The molecule has 8 heteroatoms. The van der Waals surface area contributed by atoms with E-state index in [2.05, 4.69) is 0 Å². The molecule has 0 N–H and O–H groups in total. The second kappa shape index (κ2) is 8.28. The molecular weight excluding hydrogens is 383 g/mol. The Morgan fingerprint density at radius 2 is 1.71 bits per heavy atom. The number of piperazine rings is 1. The number of amides is 1. The number of sulfonamides is 1. The maximum atomic E-state index is 13.9. The first-order valence-electron chi connectivity index (χ1n) is 9.02. The molecule has 1 aliphatic rings. The molecule has 2 aromatic rings. The maximum Gasteiger partial charge on any atom is 0.260 e. The third-order valence-corrected chi connectivity index (χ3v) is 6.88. The van der Waals surface area contributed by atoms with Gasteiger partial charge in [0.1, 0.15) is 16.5 Å². The molecule has 1 fully saturated rings. The standard InChI is InChI=1S/C20H23FN2O4S/c1-15-6-5-8-18(16(15)2)27-14-20(24)22-10-12-23(13-11-22)28(25,26)19-9-4-3-7-17(19)21/h3-9H,10-14H2,1-2H3. The van der Waals surface area contributed by atoms with Crippen LogP contribution >= 0.6 is 0 Å². The van der Waals surface area contributed by atoms with Crippen LogP contribution in [0.5, 0.6) is 5.75 Å². The first-order chi connectivity index (χ1) is 13.3. The molecule has 1 heterocycles. The number of benzene rings is 2. The third-order valence-electron chi connectivity index (χ3n) is 4.95. The Kier molecular flexibility index (Phi) is 6.00. The lowest BCUT2D eigenvalue weighted by Gasteiger charge is -2.34. The van der Waals surface area contributed by atoms with Crippen molar-refractivity contribution in [2.24, 2.45) is 0 Å². The van der Waals surface area contributed by atoms with Crippen molar-refractivity contribution in [3.63, 3.8) is 0 Å². The maximum absolute atomic E-state index is 13.9. The molecule has 0 bridgehead atoms. The van der Waals surface area contributed by atoms with Gasteiger partial charge < -0.3 is 9.64 Å². The monoisotopic (exact) mass is 406 g/mol. The minimum atomic E-state index is -3.92. The Labute approximate surface area is 164 Å². The zero-order chi connectivity index (χ0) is 20.3. The molecule has 0 spiro atoms. The summed E-state index contributed by atoms with van der Waals surface area (Å²) in [6.07, 6.45) is 0. The van der Waals surface area contributed by atoms with Crippen molar-refractivity contribution in [1.29, 1.82) is 0 Å². The summed E-state index contributed by atoms with van der Waals surface area (Å²) < 4.78 is 46.0. The van der Waals surface area contributed by atoms with Crippen LogP contribution in [0.3, 0.4) is 0 Å². The van der Waals surface area contributed by atoms with E-state index in [1.165, 1.54) is 22.5 Å². The summed E-state index contributed by atoms with van der Waals surface area (Å²) in [6.45, 7) is 4.51. The molecule has 150 valence electrons. The van der Waals surface area contributed by atoms with E-state index in [1.54, 1.807) is 4.90 Å².